The van der Waals surface area contributed by atoms with Gasteiger partial charge in [0.25, 0.3) is 5.91 Å². The van der Waals surface area contributed by atoms with E-state index in [1.165, 1.54) is 11.1 Å². The standard InChI is InChI=1S/C12H20N4O2.C10H15NO.C2H6O/c1-14-12(13)16-6-3-5-15(7-8-16)11(17)10-4-2-9-18-10;1-7-6-9(12-3)4-5-10(7)8(2)11;1-3-2/h10,13H,1-9H2;4-6,8H,11H2,1-3H3;1-2H3. The number of aryl methyl sites for hydroxylation is 1. The van der Waals surface area contributed by atoms with Crippen LogP contribution in [0.5, 0.6) is 5.75 Å². The number of ether oxygens (including phenoxy) is 3. The van der Waals surface area contributed by atoms with Gasteiger partial charge in [-0.15, -0.1) is 0 Å². The summed E-state index contributed by atoms with van der Waals surface area (Å²) in [5.74, 6) is 1.19. The van der Waals surface area contributed by atoms with E-state index in [1.54, 1.807) is 21.3 Å². The average molecular weight is 464 g/mol. The SMILES string of the molecule is C=NC(=N)N1CCCN(C(=O)C2CCCO2)CC1.COC.COc1ccc(C(C)N)c(C)c1. The third-order valence-electron chi connectivity index (χ3n) is 5.43. The highest BCUT2D eigenvalue weighted by atomic mass is 16.5. The number of amides is 1. The number of hydrogen-bond acceptors (Lipinski definition) is 6. The van der Waals surface area contributed by atoms with Crippen LogP contribution < -0.4 is 10.5 Å². The van der Waals surface area contributed by atoms with Gasteiger partial charge >= 0.3 is 0 Å². The van der Waals surface area contributed by atoms with Gasteiger partial charge < -0.3 is 29.7 Å². The van der Waals surface area contributed by atoms with Gasteiger partial charge in [0.1, 0.15) is 11.9 Å². The van der Waals surface area contributed by atoms with Crippen LogP contribution in [-0.2, 0) is 14.3 Å². The van der Waals surface area contributed by atoms with Gasteiger partial charge in [-0.05, 0) is 63.1 Å². The normalized spacial score (nSPS) is 18.7. The molecule has 9 nitrogen and oxygen atoms in total. The van der Waals surface area contributed by atoms with Crippen LogP contribution in [0.4, 0.5) is 0 Å². The first-order valence-electron chi connectivity index (χ1n) is 11.3. The molecule has 186 valence electrons. The fourth-order valence-corrected chi connectivity index (χ4v) is 3.71. The molecule has 3 N–H and O–H groups in total. The summed E-state index contributed by atoms with van der Waals surface area (Å²) in [6.45, 7) is 10.9. The summed E-state index contributed by atoms with van der Waals surface area (Å²) in [5, 5.41) is 7.64. The molecule has 2 atom stereocenters. The Labute approximate surface area is 198 Å². The van der Waals surface area contributed by atoms with E-state index in [2.05, 4.69) is 16.4 Å². The van der Waals surface area contributed by atoms with Gasteiger partial charge in [0, 0.05) is 53.0 Å². The number of hydrogen-bond donors (Lipinski definition) is 2. The Kier molecular flexibility index (Phi) is 13.3. The van der Waals surface area contributed by atoms with Gasteiger partial charge in [0.15, 0.2) is 0 Å². The molecule has 0 aliphatic carbocycles. The molecule has 1 aromatic carbocycles. The summed E-state index contributed by atoms with van der Waals surface area (Å²) >= 11 is 0. The highest BCUT2D eigenvalue weighted by Gasteiger charge is 2.29. The second kappa shape index (κ2) is 15.4. The summed E-state index contributed by atoms with van der Waals surface area (Å²) in [7, 11) is 4.92. The molecule has 33 heavy (non-hydrogen) atoms. The van der Waals surface area contributed by atoms with Crippen LogP contribution in [0.3, 0.4) is 0 Å². The Balaban J connectivity index is 0.000000314. The van der Waals surface area contributed by atoms with Crippen molar-refractivity contribution < 1.29 is 19.0 Å². The van der Waals surface area contributed by atoms with Crippen LogP contribution in [0.15, 0.2) is 23.2 Å². The van der Waals surface area contributed by atoms with Crippen LogP contribution >= 0.6 is 0 Å². The van der Waals surface area contributed by atoms with Gasteiger partial charge in [0.2, 0.25) is 5.96 Å². The van der Waals surface area contributed by atoms with Crippen LogP contribution in [0.1, 0.15) is 43.4 Å². The van der Waals surface area contributed by atoms with Crippen molar-refractivity contribution in [2.45, 2.75) is 45.3 Å². The summed E-state index contributed by atoms with van der Waals surface area (Å²) in [6, 6.07) is 6.04. The molecule has 0 radical (unpaired) electrons. The molecule has 1 aromatic rings. The molecule has 1 amide bonds. The third-order valence-corrected chi connectivity index (χ3v) is 5.43. The second-order valence-electron chi connectivity index (χ2n) is 8.07. The van der Waals surface area contributed by atoms with E-state index in [9.17, 15) is 4.79 Å². The lowest BCUT2D eigenvalue weighted by Crippen LogP contribution is -2.41. The van der Waals surface area contributed by atoms with Crippen molar-refractivity contribution >= 4 is 18.6 Å². The molecule has 0 bridgehead atoms. The first-order valence-corrected chi connectivity index (χ1v) is 11.3. The van der Waals surface area contributed by atoms with E-state index in [4.69, 9.17) is 20.6 Å². The van der Waals surface area contributed by atoms with E-state index in [0.29, 0.717) is 19.7 Å². The molecular formula is C24H41N5O4. The van der Waals surface area contributed by atoms with E-state index in [1.807, 2.05) is 41.8 Å². The maximum absolute atomic E-state index is 12.2. The summed E-state index contributed by atoms with van der Waals surface area (Å²) in [4.78, 5) is 19.5. The Bertz CT molecular complexity index is 750. The Morgan fingerprint density at radius 3 is 2.36 bits per heavy atom. The Hall–Kier alpha value is -2.49. The first-order chi connectivity index (χ1) is 15.8. The van der Waals surface area contributed by atoms with Crippen LogP contribution in [0, 0.1) is 12.3 Å². The minimum absolute atomic E-state index is 0.0934. The molecule has 2 saturated heterocycles. The Morgan fingerprint density at radius 2 is 1.85 bits per heavy atom. The third kappa shape index (κ3) is 9.49. The summed E-state index contributed by atoms with van der Waals surface area (Å²) in [6.07, 6.45) is 2.43. The molecule has 3 rings (SSSR count). The van der Waals surface area contributed by atoms with Crippen molar-refractivity contribution in [3.8, 4) is 5.75 Å². The Morgan fingerprint density at radius 1 is 1.21 bits per heavy atom. The minimum atomic E-state index is -0.242. The number of methoxy groups -OCH3 is 2. The summed E-state index contributed by atoms with van der Waals surface area (Å²) in [5.41, 5.74) is 8.13. The zero-order valence-electron chi connectivity index (χ0n) is 20.8. The molecule has 0 aromatic heterocycles. The number of benzene rings is 1. The zero-order valence-corrected chi connectivity index (χ0v) is 20.8. The van der Waals surface area contributed by atoms with E-state index >= 15 is 0 Å². The van der Waals surface area contributed by atoms with Crippen LogP contribution in [-0.4, -0.2) is 88.6 Å². The number of carbonyl (C=O) groups is 1. The van der Waals surface area contributed by atoms with Gasteiger partial charge in [0.05, 0.1) is 7.11 Å². The monoisotopic (exact) mass is 463 g/mol. The number of nitrogens with zero attached hydrogens (tertiary/aromatic N) is 3. The van der Waals surface area contributed by atoms with Gasteiger partial charge in [-0.25, -0.2) is 4.99 Å². The van der Waals surface area contributed by atoms with E-state index < -0.39 is 0 Å². The molecule has 9 heteroatoms. The largest absolute Gasteiger partial charge is 0.497 e. The number of rotatable bonds is 3. The highest BCUT2D eigenvalue weighted by molar-refractivity contribution is 5.82. The van der Waals surface area contributed by atoms with Gasteiger partial charge in [-0.2, -0.15) is 0 Å². The van der Waals surface area contributed by atoms with Crippen molar-refractivity contribution in [2.75, 3.05) is 54.1 Å². The van der Waals surface area contributed by atoms with Crippen molar-refractivity contribution in [2.24, 2.45) is 10.7 Å². The number of aliphatic imine (C=N–C) groups is 1. The molecule has 2 heterocycles. The topological polar surface area (TPSA) is 113 Å². The lowest BCUT2D eigenvalue weighted by Gasteiger charge is -2.24. The van der Waals surface area contributed by atoms with Crippen LogP contribution in [0.25, 0.3) is 0 Å². The first kappa shape index (κ1) is 28.5. The molecule has 0 saturated carbocycles. The predicted octanol–water partition coefficient (Wildman–Crippen LogP) is 2.62. The fourth-order valence-electron chi connectivity index (χ4n) is 3.71. The summed E-state index contributed by atoms with van der Waals surface area (Å²) < 4.78 is 14.8. The van der Waals surface area contributed by atoms with Crippen molar-refractivity contribution in [3.05, 3.63) is 29.3 Å². The van der Waals surface area contributed by atoms with Crippen molar-refractivity contribution in [3.63, 3.8) is 0 Å². The number of guanidine groups is 1. The molecule has 0 spiro atoms. The van der Waals surface area contributed by atoms with Crippen LogP contribution in [0.2, 0.25) is 0 Å². The number of nitrogens with two attached hydrogens (primary N) is 1. The quantitative estimate of drug-likeness (QED) is 0.526. The van der Waals surface area contributed by atoms with Gasteiger partial charge in [-0.1, -0.05) is 6.07 Å². The smallest absolute Gasteiger partial charge is 0.251 e. The molecule has 2 fully saturated rings. The maximum Gasteiger partial charge on any atom is 0.251 e. The second-order valence-corrected chi connectivity index (χ2v) is 8.07. The lowest BCUT2D eigenvalue weighted by atomic mass is 10.0. The highest BCUT2D eigenvalue weighted by Crippen LogP contribution is 2.20. The van der Waals surface area contributed by atoms with E-state index in [0.717, 1.165) is 38.1 Å². The lowest BCUT2D eigenvalue weighted by molar-refractivity contribution is -0.140. The molecular weight excluding hydrogens is 422 g/mol. The maximum atomic E-state index is 12.2. The minimum Gasteiger partial charge on any atom is -0.497 e. The predicted molar refractivity (Wildman–Crippen MR) is 132 cm³/mol. The molecule has 2 unspecified atom stereocenters. The molecule has 2 aliphatic rings. The zero-order chi connectivity index (χ0) is 24.8. The number of carbonyl (C=O) groups excluding carboxylic acids is 1. The molecule has 2 aliphatic heterocycles. The van der Waals surface area contributed by atoms with E-state index in [-0.39, 0.29) is 24.0 Å². The van der Waals surface area contributed by atoms with Crippen molar-refractivity contribution in [1.29, 1.82) is 5.41 Å². The number of nitrogens with one attached hydrogen (secondary N) is 1. The van der Waals surface area contributed by atoms with Gasteiger partial charge in [-0.3, -0.25) is 10.2 Å². The average Bonchev–Trinajstić information content (AvgIpc) is 3.23. The van der Waals surface area contributed by atoms with Crippen molar-refractivity contribution in [1.82, 2.24) is 9.80 Å². The fraction of sp³-hybridized carbons (Fsp3) is 0.625.